The van der Waals surface area contributed by atoms with Crippen LogP contribution in [0.15, 0.2) is 45.5 Å². The number of rotatable bonds is 3. The van der Waals surface area contributed by atoms with Crippen LogP contribution in [-0.4, -0.2) is 20.7 Å². The van der Waals surface area contributed by atoms with Gasteiger partial charge in [-0.25, -0.2) is 4.98 Å². The van der Waals surface area contributed by atoms with E-state index in [0.717, 1.165) is 27.7 Å². The molecule has 6 nitrogen and oxygen atoms in total. The third-order valence-corrected chi connectivity index (χ3v) is 4.95. The number of hydrogen-bond acceptors (Lipinski definition) is 4. The highest BCUT2D eigenvalue weighted by atomic mass is 79.9. The minimum Gasteiger partial charge on any atom is -0.444 e. The lowest BCUT2D eigenvalue weighted by Gasteiger charge is -2.12. The van der Waals surface area contributed by atoms with Crippen molar-refractivity contribution in [3.8, 4) is 5.82 Å². The van der Waals surface area contributed by atoms with Crippen LogP contribution >= 0.6 is 15.9 Å². The lowest BCUT2D eigenvalue weighted by Crippen LogP contribution is -2.15. The predicted octanol–water partition coefficient (Wildman–Crippen LogP) is 5.26. The van der Waals surface area contributed by atoms with Crippen molar-refractivity contribution in [3.05, 3.63) is 69.2 Å². The standard InChI is InChI=1S/C21H19BrN4O2/c1-11-7-13(3)20-15(8-11)12(2)9-18(23-20)26-19(10-14(4)25-26)24-21(27)16-5-6-17(22)28-16/h5-10H,1-4H3,(H,24,27). The van der Waals surface area contributed by atoms with Crippen molar-refractivity contribution in [2.45, 2.75) is 27.7 Å². The van der Waals surface area contributed by atoms with Gasteiger partial charge in [0.1, 0.15) is 5.82 Å². The van der Waals surface area contributed by atoms with E-state index in [1.165, 1.54) is 5.56 Å². The summed E-state index contributed by atoms with van der Waals surface area (Å²) < 4.78 is 7.48. The Balaban J connectivity index is 1.79. The van der Waals surface area contributed by atoms with Gasteiger partial charge < -0.3 is 9.73 Å². The van der Waals surface area contributed by atoms with Crippen LogP contribution in [0.4, 0.5) is 5.82 Å². The molecule has 0 radical (unpaired) electrons. The Morgan fingerprint density at radius 3 is 2.57 bits per heavy atom. The van der Waals surface area contributed by atoms with E-state index in [1.807, 2.05) is 13.0 Å². The number of nitrogens with zero attached hydrogens (tertiary/aromatic N) is 3. The van der Waals surface area contributed by atoms with Crippen LogP contribution < -0.4 is 5.32 Å². The fourth-order valence-electron chi connectivity index (χ4n) is 3.31. The van der Waals surface area contributed by atoms with Crippen LogP contribution in [0.2, 0.25) is 0 Å². The Hall–Kier alpha value is -2.93. The fraction of sp³-hybridized carbons (Fsp3) is 0.190. The number of anilines is 1. The molecule has 1 aromatic carbocycles. The van der Waals surface area contributed by atoms with Crippen LogP contribution in [-0.2, 0) is 0 Å². The Kier molecular flexibility index (Phi) is 4.55. The second-order valence-electron chi connectivity index (χ2n) is 6.92. The number of aryl methyl sites for hydroxylation is 4. The van der Waals surface area contributed by atoms with Crippen molar-refractivity contribution in [1.82, 2.24) is 14.8 Å². The molecule has 0 saturated carbocycles. The average Bonchev–Trinajstić information content (AvgIpc) is 3.21. The Morgan fingerprint density at radius 2 is 1.86 bits per heavy atom. The number of benzene rings is 1. The van der Waals surface area contributed by atoms with Crippen molar-refractivity contribution < 1.29 is 9.21 Å². The van der Waals surface area contributed by atoms with Crippen molar-refractivity contribution in [2.24, 2.45) is 0 Å². The number of carbonyl (C=O) groups excluding carboxylic acids is 1. The Bertz CT molecular complexity index is 1220. The van der Waals surface area contributed by atoms with Gasteiger partial charge in [-0.15, -0.1) is 0 Å². The smallest absolute Gasteiger partial charge is 0.292 e. The molecule has 0 saturated heterocycles. The van der Waals surface area contributed by atoms with Crippen molar-refractivity contribution in [1.29, 1.82) is 0 Å². The number of carbonyl (C=O) groups is 1. The van der Waals surface area contributed by atoms with Gasteiger partial charge in [-0.05, 0) is 79.0 Å². The molecular formula is C21H19BrN4O2. The Labute approximate surface area is 170 Å². The molecule has 142 valence electrons. The average molecular weight is 439 g/mol. The number of fused-ring (bicyclic) bond motifs is 1. The van der Waals surface area contributed by atoms with E-state index in [2.05, 4.69) is 59.2 Å². The molecule has 1 N–H and O–H groups in total. The largest absolute Gasteiger partial charge is 0.444 e. The molecule has 0 unspecified atom stereocenters. The number of furan rings is 1. The van der Waals surface area contributed by atoms with E-state index in [1.54, 1.807) is 22.9 Å². The first-order valence-corrected chi connectivity index (χ1v) is 9.63. The molecule has 1 amide bonds. The molecule has 3 aromatic heterocycles. The third-order valence-electron chi connectivity index (χ3n) is 4.53. The van der Waals surface area contributed by atoms with Gasteiger partial charge in [0.15, 0.2) is 16.2 Å². The monoisotopic (exact) mass is 438 g/mol. The van der Waals surface area contributed by atoms with E-state index in [-0.39, 0.29) is 11.7 Å². The first-order valence-electron chi connectivity index (χ1n) is 8.84. The zero-order valence-corrected chi connectivity index (χ0v) is 17.6. The number of pyridine rings is 1. The van der Waals surface area contributed by atoms with Crippen LogP contribution in [0.25, 0.3) is 16.7 Å². The normalized spacial score (nSPS) is 11.2. The number of aromatic nitrogens is 3. The van der Waals surface area contributed by atoms with Crippen molar-refractivity contribution >= 4 is 38.6 Å². The maximum Gasteiger partial charge on any atom is 0.292 e. The van der Waals surface area contributed by atoms with Crippen LogP contribution in [0, 0.1) is 27.7 Å². The molecule has 0 aliphatic heterocycles. The molecule has 0 fully saturated rings. The summed E-state index contributed by atoms with van der Waals surface area (Å²) >= 11 is 3.21. The molecule has 0 atom stereocenters. The molecule has 3 heterocycles. The highest BCUT2D eigenvalue weighted by molar-refractivity contribution is 9.10. The summed E-state index contributed by atoms with van der Waals surface area (Å²) in [7, 11) is 0. The van der Waals surface area contributed by atoms with E-state index in [0.29, 0.717) is 16.3 Å². The molecule has 4 rings (SSSR count). The van der Waals surface area contributed by atoms with Gasteiger partial charge in [-0.2, -0.15) is 9.78 Å². The van der Waals surface area contributed by atoms with E-state index >= 15 is 0 Å². The summed E-state index contributed by atoms with van der Waals surface area (Å²) in [5.41, 5.74) is 5.12. The highest BCUT2D eigenvalue weighted by Crippen LogP contribution is 2.26. The van der Waals surface area contributed by atoms with E-state index < -0.39 is 0 Å². The van der Waals surface area contributed by atoms with Gasteiger partial charge in [0, 0.05) is 11.5 Å². The van der Waals surface area contributed by atoms with Crippen molar-refractivity contribution in [2.75, 3.05) is 5.32 Å². The maximum atomic E-state index is 12.5. The molecule has 4 aromatic rings. The molecular weight excluding hydrogens is 420 g/mol. The van der Waals surface area contributed by atoms with E-state index in [4.69, 9.17) is 9.40 Å². The molecule has 7 heteroatoms. The summed E-state index contributed by atoms with van der Waals surface area (Å²) in [6.07, 6.45) is 0. The number of hydrogen-bond donors (Lipinski definition) is 1. The zero-order chi connectivity index (χ0) is 20.0. The third kappa shape index (κ3) is 3.33. The SMILES string of the molecule is Cc1cc(C)c2nc(-n3nc(C)cc3NC(=O)c3ccc(Br)o3)cc(C)c2c1. The summed E-state index contributed by atoms with van der Waals surface area (Å²) in [5, 5.41) is 8.51. The predicted molar refractivity (Wildman–Crippen MR) is 112 cm³/mol. The van der Waals surface area contributed by atoms with Crippen LogP contribution in [0.5, 0.6) is 0 Å². The van der Waals surface area contributed by atoms with Gasteiger partial charge in [0.25, 0.3) is 5.91 Å². The van der Waals surface area contributed by atoms with Crippen LogP contribution in [0.3, 0.4) is 0 Å². The van der Waals surface area contributed by atoms with Gasteiger partial charge in [-0.3, -0.25) is 4.79 Å². The Morgan fingerprint density at radius 1 is 1.07 bits per heavy atom. The van der Waals surface area contributed by atoms with Gasteiger partial charge in [0.05, 0.1) is 11.2 Å². The zero-order valence-electron chi connectivity index (χ0n) is 16.0. The molecule has 0 spiro atoms. The number of halogens is 1. The summed E-state index contributed by atoms with van der Waals surface area (Å²) in [5.74, 6) is 1.05. The van der Waals surface area contributed by atoms with Crippen molar-refractivity contribution in [3.63, 3.8) is 0 Å². The van der Waals surface area contributed by atoms with Crippen LogP contribution in [0.1, 0.15) is 32.9 Å². The van der Waals surface area contributed by atoms with Gasteiger partial charge in [0.2, 0.25) is 0 Å². The first-order chi connectivity index (χ1) is 13.3. The minimum atomic E-state index is -0.351. The summed E-state index contributed by atoms with van der Waals surface area (Å²) in [6, 6.07) is 11.3. The maximum absolute atomic E-state index is 12.5. The second kappa shape index (κ2) is 6.91. The summed E-state index contributed by atoms with van der Waals surface area (Å²) in [4.78, 5) is 17.3. The molecule has 0 aliphatic carbocycles. The second-order valence-corrected chi connectivity index (χ2v) is 7.70. The highest BCUT2D eigenvalue weighted by Gasteiger charge is 2.17. The quantitative estimate of drug-likeness (QED) is 0.473. The van der Waals surface area contributed by atoms with Gasteiger partial charge in [-0.1, -0.05) is 11.6 Å². The molecule has 0 bridgehead atoms. The topological polar surface area (TPSA) is 73.0 Å². The molecule has 28 heavy (non-hydrogen) atoms. The number of amides is 1. The van der Waals surface area contributed by atoms with E-state index in [9.17, 15) is 4.79 Å². The number of nitrogens with one attached hydrogen (secondary N) is 1. The minimum absolute atomic E-state index is 0.214. The lowest BCUT2D eigenvalue weighted by molar-refractivity contribution is 0.0994. The molecule has 0 aliphatic rings. The lowest BCUT2D eigenvalue weighted by atomic mass is 10.0. The first kappa shape index (κ1) is 18.4. The summed E-state index contributed by atoms with van der Waals surface area (Å²) in [6.45, 7) is 8.06. The fourth-order valence-corrected chi connectivity index (χ4v) is 3.62. The van der Waals surface area contributed by atoms with Gasteiger partial charge >= 0.3 is 0 Å².